The number of thiazole rings is 1. The first-order valence-corrected chi connectivity index (χ1v) is 8.19. The third-order valence-corrected chi connectivity index (χ3v) is 3.80. The van der Waals surface area contributed by atoms with E-state index in [1.165, 1.54) is 11.3 Å². The van der Waals surface area contributed by atoms with Gasteiger partial charge in [0.05, 0.1) is 5.69 Å². The smallest absolute Gasteiger partial charge is 0.315 e. The molecule has 3 N–H and O–H groups in total. The standard InChI is InChI=1S/C16H20N4O2S/c1-10(2)18-15(22)17-8-12-4-6-13(7-5-12)14(21)20-16-19-11(3)9-23-16/h4-7,9-10H,8H2,1-3H3,(H2,17,18,22)(H,19,20,21). The molecule has 6 nitrogen and oxygen atoms in total. The highest BCUT2D eigenvalue weighted by atomic mass is 32.1. The molecule has 0 atom stereocenters. The van der Waals surface area contributed by atoms with Gasteiger partial charge in [-0.15, -0.1) is 11.3 Å². The van der Waals surface area contributed by atoms with Crippen molar-refractivity contribution in [3.63, 3.8) is 0 Å². The number of amides is 3. The summed E-state index contributed by atoms with van der Waals surface area (Å²) in [7, 11) is 0. The summed E-state index contributed by atoms with van der Waals surface area (Å²) < 4.78 is 0. The van der Waals surface area contributed by atoms with Gasteiger partial charge in [-0.1, -0.05) is 12.1 Å². The van der Waals surface area contributed by atoms with Gasteiger partial charge in [-0.05, 0) is 38.5 Å². The van der Waals surface area contributed by atoms with E-state index in [-0.39, 0.29) is 18.0 Å². The minimum absolute atomic E-state index is 0.0931. The number of aromatic nitrogens is 1. The van der Waals surface area contributed by atoms with Crippen LogP contribution < -0.4 is 16.0 Å². The molecule has 2 aromatic rings. The van der Waals surface area contributed by atoms with Crippen LogP contribution in [0.5, 0.6) is 0 Å². The second-order valence-corrected chi connectivity index (χ2v) is 6.28. The molecule has 3 amide bonds. The summed E-state index contributed by atoms with van der Waals surface area (Å²) in [5.74, 6) is -0.198. The van der Waals surface area contributed by atoms with Crippen molar-refractivity contribution in [3.8, 4) is 0 Å². The predicted molar refractivity (Wildman–Crippen MR) is 91.8 cm³/mol. The second-order valence-electron chi connectivity index (χ2n) is 5.43. The van der Waals surface area contributed by atoms with Gasteiger partial charge in [0, 0.05) is 23.5 Å². The molecule has 0 fully saturated rings. The van der Waals surface area contributed by atoms with Crippen LogP contribution >= 0.6 is 11.3 Å². The molecule has 1 aromatic heterocycles. The maximum absolute atomic E-state index is 12.1. The lowest BCUT2D eigenvalue weighted by atomic mass is 10.1. The van der Waals surface area contributed by atoms with Crippen LogP contribution in [-0.2, 0) is 6.54 Å². The summed E-state index contributed by atoms with van der Waals surface area (Å²) in [4.78, 5) is 27.8. The molecule has 0 spiro atoms. The van der Waals surface area contributed by atoms with E-state index in [0.29, 0.717) is 17.2 Å². The van der Waals surface area contributed by atoms with Gasteiger partial charge in [0.15, 0.2) is 5.13 Å². The Morgan fingerprint density at radius 3 is 2.48 bits per heavy atom. The van der Waals surface area contributed by atoms with Crippen LogP contribution in [0.4, 0.5) is 9.93 Å². The zero-order chi connectivity index (χ0) is 16.8. The average Bonchev–Trinajstić information content (AvgIpc) is 2.90. The van der Waals surface area contributed by atoms with Crippen molar-refractivity contribution >= 4 is 28.4 Å². The van der Waals surface area contributed by atoms with E-state index in [9.17, 15) is 9.59 Å². The molecule has 0 aliphatic heterocycles. The Kier molecular flexibility index (Phi) is 5.70. The number of urea groups is 1. The normalized spacial score (nSPS) is 10.4. The van der Waals surface area contributed by atoms with E-state index in [1.54, 1.807) is 12.1 Å². The molecule has 0 saturated heterocycles. The van der Waals surface area contributed by atoms with E-state index in [4.69, 9.17) is 0 Å². The Bertz CT molecular complexity index is 680. The topological polar surface area (TPSA) is 83.1 Å². The van der Waals surface area contributed by atoms with Gasteiger partial charge in [0.25, 0.3) is 5.91 Å². The highest BCUT2D eigenvalue weighted by Gasteiger charge is 2.08. The fourth-order valence-electron chi connectivity index (χ4n) is 1.85. The van der Waals surface area contributed by atoms with Crippen LogP contribution in [0.1, 0.15) is 35.5 Å². The molecule has 0 radical (unpaired) electrons. The van der Waals surface area contributed by atoms with Crippen LogP contribution in [-0.4, -0.2) is 23.0 Å². The zero-order valence-corrected chi connectivity index (χ0v) is 14.2. The Morgan fingerprint density at radius 1 is 1.22 bits per heavy atom. The fourth-order valence-corrected chi connectivity index (χ4v) is 2.53. The molecule has 7 heteroatoms. The Hall–Kier alpha value is -2.41. The summed E-state index contributed by atoms with van der Waals surface area (Å²) >= 11 is 1.39. The van der Waals surface area contributed by atoms with Crippen LogP contribution in [0.25, 0.3) is 0 Å². The maximum atomic E-state index is 12.1. The molecule has 0 aliphatic rings. The predicted octanol–water partition coefficient (Wildman–Crippen LogP) is 2.91. The lowest BCUT2D eigenvalue weighted by molar-refractivity contribution is 0.102. The van der Waals surface area contributed by atoms with Crippen molar-refractivity contribution in [1.29, 1.82) is 0 Å². The fraction of sp³-hybridized carbons (Fsp3) is 0.312. The number of carbonyl (C=O) groups excluding carboxylic acids is 2. The molecular weight excluding hydrogens is 312 g/mol. The van der Waals surface area contributed by atoms with Crippen LogP contribution in [0.2, 0.25) is 0 Å². The Morgan fingerprint density at radius 2 is 1.91 bits per heavy atom. The number of aryl methyl sites for hydroxylation is 1. The molecule has 0 aliphatic carbocycles. The molecule has 1 heterocycles. The average molecular weight is 332 g/mol. The van der Waals surface area contributed by atoms with Crippen LogP contribution in [0.3, 0.4) is 0 Å². The summed E-state index contributed by atoms with van der Waals surface area (Å²) in [5.41, 5.74) is 2.35. The number of nitrogens with zero attached hydrogens (tertiary/aromatic N) is 1. The van der Waals surface area contributed by atoms with Gasteiger partial charge in [-0.25, -0.2) is 9.78 Å². The van der Waals surface area contributed by atoms with Crippen molar-refractivity contribution in [2.24, 2.45) is 0 Å². The third kappa shape index (κ3) is 5.37. The van der Waals surface area contributed by atoms with E-state index < -0.39 is 0 Å². The quantitative estimate of drug-likeness (QED) is 0.787. The summed E-state index contributed by atoms with van der Waals surface area (Å²) in [6.07, 6.45) is 0. The van der Waals surface area contributed by atoms with Crippen LogP contribution in [0.15, 0.2) is 29.6 Å². The lowest BCUT2D eigenvalue weighted by Gasteiger charge is -2.10. The van der Waals surface area contributed by atoms with E-state index in [1.807, 2.05) is 38.3 Å². The van der Waals surface area contributed by atoms with Crippen molar-refractivity contribution in [1.82, 2.24) is 15.6 Å². The van der Waals surface area contributed by atoms with Crippen LogP contribution in [0, 0.1) is 6.92 Å². The number of anilines is 1. The van der Waals surface area contributed by atoms with Gasteiger partial charge in [-0.3, -0.25) is 10.1 Å². The summed E-state index contributed by atoms with van der Waals surface area (Å²) in [5, 5.41) is 10.7. The number of hydrogen-bond acceptors (Lipinski definition) is 4. The Labute approximate surface area is 139 Å². The first-order chi connectivity index (χ1) is 10.9. The highest BCUT2D eigenvalue weighted by molar-refractivity contribution is 7.13. The SMILES string of the molecule is Cc1csc(NC(=O)c2ccc(CNC(=O)NC(C)C)cc2)n1. The monoisotopic (exact) mass is 332 g/mol. The van der Waals surface area contributed by atoms with Crippen molar-refractivity contribution < 1.29 is 9.59 Å². The highest BCUT2D eigenvalue weighted by Crippen LogP contribution is 2.15. The number of rotatable bonds is 5. The second kappa shape index (κ2) is 7.73. The molecule has 0 bridgehead atoms. The molecule has 0 unspecified atom stereocenters. The van der Waals surface area contributed by atoms with Crippen molar-refractivity contribution in [3.05, 3.63) is 46.5 Å². The van der Waals surface area contributed by atoms with Gasteiger partial charge < -0.3 is 10.6 Å². The van der Waals surface area contributed by atoms with E-state index in [0.717, 1.165) is 11.3 Å². The lowest BCUT2D eigenvalue weighted by Crippen LogP contribution is -2.39. The molecule has 2 rings (SSSR count). The number of benzene rings is 1. The minimum atomic E-state index is -0.207. The van der Waals surface area contributed by atoms with Gasteiger partial charge in [-0.2, -0.15) is 0 Å². The maximum Gasteiger partial charge on any atom is 0.315 e. The molecular formula is C16H20N4O2S. The summed E-state index contributed by atoms with van der Waals surface area (Å²) in [6.45, 7) is 6.09. The van der Waals surface area contributed by atoms with Crippen molar-refractivity contribution in [2.75, 3.05) is 5.32 Å². The number of nitrogens with one attached hydrogen (secondary N) is 3. The van der Waals surface area contributed by atoms with E-state index >= 15 is 0 Å². The van der Waals surface area contributed by atoms with E-state index in [2.05, 4.69) is 20.9 Å². The summed E-state index contributed by atoms with van der Waals surface area (Å²) in [6, 6.07) is 6.98. The largest absolute Gasteiger partial charge is 0.336 e. The Balaban J connectivity index is 1.88. The molecule has 122 valence electrons. The first kappa shape index (κ1) is 17.0. The molecule has 0 saturated carbocycles. The van der Waals surface area contributed by atoms with Crippen molar-refractivity contribution in [2.45, 2.75) is 33.4 Å². The molecule has 1 aromatic carbocycles. The molecule has 23 heavy (non-hydrogen) atoms. The zero-order valence-electron chi connectivity index (χ0n) is 13.3. The third-order valence-electron chi connectivity index (χ3n) is 2.93. The van der Waals surface area contributed by atoms with Gasteiger partial charge >= 0.3 is 6.03 Å². The minimum Gasteiger partial charge on any atom is -0.336 e. The first-order valence-electron chi connectivity index (χ1n) is 7.31. The number of hydrogen-bond donors (Lipinski definition) is 3. The number of carbonyl (C=O) groups is 2. The van der Waals surface area contributed by atoms with Gasteiger partial charge in [0.1, 0.15) is 0 Å². The van der Waals surface area contributed by atoms with Gasteiger partial charge in [0.2, 0.25) is 0 Å².